The predicted octanol–water partition coefficient (Wildman–Crippen LogP) is 2.41. The lowest BCUT2D eigenvalue weighted by Gasteiger charge is -2.45. The molecule has 0 radical (unpaired) electrons. The molecule has 4 rings (SSSR count). The Morgan fingerprint density at radius 1 is 1.23 bits per heavy atom. The van der Waals surface area contributed by atoms with Crippen LogP contribution in [0, 0.1) is 17.6 Å². The predicted molar refractivity (Wildman–Crippen MR) is 103 cm³/mol. The summed E-state index contributed by atoms with van der Waals surface area (Å²) in [6.45, 7) is 0.305. The van der Waals surface area contributed by atoms with Crippen molar-refractivity contribution in [3.8, 4) is 5.75 Å². The zero-order valence-corrected chi connectivity index (χ0v) is 16.7. The lowest BCUT2D eigenvalue weighted by molar-refractivity contribution is -0.155. The van der Waals surface area contributed by atoms with Gasteiger partial charge in [-0.2, -0.15) is 0 Å². The summed E-state index contributed by atoms with van der Waals surface area (Å²) in [5.74, 6) is -2.44. The second-order valence-electron chi connectivity index (χ2n) is 7.12. The topological polar surface area (TPSA) is 72.0 Å². The molecule has 10 heteroatoms. The largest absolute Gasteiger partial charge is 0.495 e. The summed E-state index contributed by atoms with van der Waals surface area (Å²) in [6, 6.07) is 4.38. The summed E-state index contributed by atoms with van der Waals surface area (Å²) < 4.78 is 38.2. The van der Waals surface area contributed by atoms with Crippen LogP contribution in [0.15, 0.2) is 30.5 Å². The Bertz CT molecular complexity index is 1000. The molecule has 2 aliphatic rings. The van der Waals surface area contributed by atoms with Crippen LogP contribution < -0.4 is 9.64 Å². The van der Waals surface area contributed by atoms with Crippen molar-refractivity contribution in [2.24, 2.45) is 5.92 Å². The van der Waals surface area contributed by atoms with Gasteiger partial charge in [0.05, 0.1) is 31.5 Å². The molecule has 2 fully saturated rings. The number of ether oxygens (including phenoxy) is 2. The number of rotatable bonds is 5. The van der Waals surface area contributed by atoms with E-state index >= 15 is 0 Å². The number of hydrogen-bond donors (Lipinski definition) is 0. The minimum absolute atomic E-state index is 0.0676. The third-order valence-electron chi connectivity index (χ3n) is 5.20. The van der Waals surface area contributed by atoms with Gasteiger partial charge in [-0.25, -0.2) is 13.8 Å². The number of hydrogen-bond acceptors (Lipinski definition) is 5. The number of piperazine rings is 1. The minimum atomic E-state index is -0.855. The van der Waals surface area contributed by atoms with Crippen LogP contribution in [0.3, 0.4) is 0 Å². The first-order chi connectivity index (χ1) is 14.4. The highest BCUT2D eigenvalue weighted by atomic mass is 35.5. The first-order valence-corrected chi connectivity index (χ1v) is 9.59. The molecule has 0 aliphatic carbocycles. The van der Waals surface area contributed by atoms with Gasteiger partial charge >= 0.3 is 0 Å². The number of benzene rings is 1. The normalized spacial score (nSPS) is 19.8. The molecule has 1 atom stereocenters. The quantitative estimate of drug-likeness (QED) is 0.718. The monoisotopic (exact) mass is 437 g/mol. The fourth-order valence-corrected chi connectivity index (χ4v) is 3.77. The Morgan fingerprint density at radius 2 is 2.00 bits per heavy atom. The van der Waals surface area contributed by atoms with E-state index < -0.39 is 23.6 Å². The molecule has 0 spiro atoms. The van der Waals surface area contributed by atoms with E-state index in [0.29, 0.717) is 18.8 Å². The lowest BCUT2D eigenvalue weighted by atomic mass is 9.92. The van der Waals surface area contributed by atoms with E-state index in [9.17, 15) is 18.4 Å². The third-order valence-corrected chi connectivity index (χ3v) is 5.49. The average molecular weight is 438 g/mol. The Morgan fingerprint density at radius 3 is 2.60 bits per heavy atom. The standard InChI is InChI=1S/C20H18ClF2N3O4/c1-29-13-5-16(23)19(24-6-13)26-8-17(27)25(18(20(26)28)12-9-30-10-12)7-11-2-3-15(22)14(21)4-11/h2-6,12,18H,7-10H2,1H3. The molecule has 3 heterocycles. The van der Waals surface area contributed by atoms with E-state index in [1.165, 1.54) is 36.4 Å². The number of aromatic nitrogens is 1. The van der Waals surface area contributed by atoms with Crippen molar-refractivity contribution in [2.75, 3.05) is 31.8 Å². The fraction of sp³-hybridized carbons (Fsp3) is 0.350. The third kappa shape index (κ3) is 3.70. The molecular weight excluding hydrogens is 420 g/mol. The van der Waals surface area contributed by atoms with Gasteiger partial charge in [0.1, 0.15) is 24.2 Å². The van der Waals surface area contributed by atoms with Gasteiger partial charge in [-0.15, -0.1) is 0 Å². The Hall–Kier alpha value is -2.78. The molecule has 2 aromatic rings. The van der Waals surface area contributed by atoms with Crippen LogP contribution in [0.2, 0.25) is 5.02 Å². The van der Waals surface area contributed by atoms with Gasteiger partial charge < -0.3 is 14.4 Å². The summed E-state index contributed by atoms with van der Waals surface area (Å²) in [6.07, 6.45) is 1.28. The van der Waals surface area contributed by atoms with Crippen molar-refractivity contribution < 1.29 is 27.8 Å². The smallest absolute Gasteiger partial charge is 0.251 e. The average Bonchev–Trinajstić information content (AvgIpc) is 2.68. The van der Waals surface area contributed by atoms with Gasteiger partial charge in [-0.1, -0.05) is 17.7 Å². The maximum absolute atomic E-state index is 14.5. The van der Waals surface area contributed by atoms with Crippen LogP contribution in [0.5, 0.6) is 5.75 Å². The van der Waals surface area contributed by atoms with Crippen LogP contribution >= 0.6 is 11.6 Å². The zero-order chi connectivity index (χ0) is 21.4. The number of halogens is 3. The van der Waals surface area contributed by atoms with E-state index in [1.54, 1.807) is 0 Å². The summed E-state index contributed by atoms with van der Waals surface area (Å²) in [5.41, 5.74) is 0.579. The number of pyridine rings is 1. The van der Waals surface area contributed by atoms with E-state index in [4.69, 9.17) is 21.1 Å². The zero-order valence-electron chi connectivity index (χ0n) is 16.0. The molecule has 2 saturated heterocycles. The Labute approximate surface area is 176 Å². The van der Waals surface area contributed by atoms with Gasteiger partial charge in [0, 0.05) is 18.5 Å². The molecule has 7 nitrogen and oxygen atoms in total. The number of carbonyl (C=O) groups is 2. The molecule has 2 aliphatic heterocycles. The number of amides is 2. The van der Waals surface area contributed by atoms with Crippen LogP contribution in [0.4, 0.5) is 14.6 Å². The molecule has 158 valence electrons. The molecular formula is C20H18ClF2N3O4. The first-order valence-electron chi connectivity index (χ1n) is 9.21. The number of methoxy groups -OCH3 is 1. The van der Waals surface area contributed by atoms with E-state index in [1.807, 2.05) is 0 Å². The highest BCUT2D eigenvalue weighted by Crippen LogP contribution is 2.31. The van der Waals surface area contributed by atoms with Crippen molar-refractivity contribution in [1.82, 2.24) is 9.88 Å². The second kappa shape index (κ2) is 8.16. The van der Waals surface area contributed by atoms with Gasteiger partial charge in [0.25, 0.3) is 5.91 Å². The Balaban J connectivity index is 1.65. The van der Waals surface area contributed by atoms with Crippen molar-refractivity contribution in [3.05, 3.63) is 52.7 Å². The summed E-state index contributed by atoms with van der Waals surface area (Å²) in [7, 11) is 1.37. The molecule has 0 saturated carbocycles. The first kappa shape index (κ1) is 20.5. The molecule has 1 unspecified atom stereocenters. The summed E-state index contributed by atoms with van der Waals surface area (Å²) in [5, 5.41) is -0.0713. The number of nitrogens with zero attached hydrogens (tertiary/aromatic N) is 3. The second-order valence-corrected chi connectivity index (χ2v) is 7.52. The van der Waals surface area contributed by atoms with Crippen LogP contribution in [0.25, 0.3) is 0 Å². The minimum Gasteiger partial charge on any atom is -0.495 e. The van der Waals surface area contributed by atoms with E-state index in [2.05, 4.69) is 4.98 Å². The molecule has 1 aromatic carbocycles. The van der Waals surface area contributed by atoms with Crippen LogP contribution in [-0.2, 0) is 20.9 Å². The molecule has 1 aromatic heterocycles. The van der Waals surface area contributed by atoms with Crippen LogP contribution in [0.1, 0.15) is 5.56 Å². The van der Waals surface area contributed by atoms with Gasteiger partial charge in [-0.3, -0.25) is 14.5 Å². The van der Waals surface area contributed by atoms with Crippen molar-refractivity contribution in [1.29, 1.82) is 0 Å². The maximum Gasteiger partial charge on any atom is 0.251 e. The number of anilines is 1. The fourth-order valence-electron chi connectivity index (χ4n) is 3.57. The van der Waals surface area contributed by atoms with Crippen molar-refractivity contribution in [2.45, 2.75) is 12.6 Å². The van der Waals surface area contributed by atoms with Crippen molar-refractivity contribution in [3.63, 3.8) is 0 Å². The van der Waals surface area contributed by atoms with E-state index in [0.717, 1.165) is 11.0 Å². The SMILES string of the molecule is COc1cnc(N2CC(=O)N(Cc3ccc(F)c(Cl)c3)C(C3COC3)C2=O)c(F)c1. The summed E-state index contributed by atoms with van der Waals surface area (Å²) >= 11 is 5.85. The number of carbonyl (C=O) groups excluding carboxylic acids is 2. The van der Waals surface area contributed by atoms with Gasteiger partial charge in [0.15, 0.2) is 11.6 Å². The highest BCUT2D eigenvalue weighted by molar-refractivity contribution is 6.30. The molecule has 0 bridgehead atoms. The van der Waals surface area contributed by atoms with E-state index in [-0.39, 0.29) is 41.5 Å². The Kier molecular flexibility index (Phi) is 5.57. The van der Waals surface area contributed by atoms with Gasteiger partial charge in [0.2, 0.25) is 5.91 Å². The van der Waals surface area contributed by atoms with Crippen LogP contribution in [-0.4, -0.2) is 54.6 Å². The lowest BCUT2D eigenvalue weighted by Crippen LogP contribution is -2.65. The molecule has 30 heavy (non-hydrogen) atoms. The highest BCUT2D eigenvalue weighted by Gasteiger charge is 2.47. The van der Waals surface area contributed by atoms with Crippen molar-refractivity contribution >= 4 is 29.2 Å². The summed E-state index contributed by atoms with van der Waals surface area (Å²) in [4.78, 5) is 32.7. The maximum atomic E-state index is 14.5. The molecule has 2 amide bonds. The molecule has 0 N–H and O–H groups in total. The van der Waals surface area contributed by atoms with Gasteiger partial charge in [-0.05, 0) is 17.7 Å².